The number of nitrogens with one attached hydrogen (secondary N) is 2. The molecule has 0 spiro atoms. The Morgan fingerprint density at radius 3 is 2.52 bits per heavy atom. The number of anilines is 4. The van der Waals surface area contributed by atoms with Crippen molar-refractivity contribution in [1.82, 2.24) is 40.0 Å². The Bertz CT molecular complexity index is 1420. The third-order valence-corrected chi connectivity index (χ3v) is 7.18. The molecule has 0 radical (unpaired) electrons. The highest BCUT2D eigenvalue weighted by Gasteiger charge is 2.22. The molecule has 1 aromatic carbocycles. The van der Waals surface area contributed by atoms with Gasteiger partial charge in [-0.2, -0.15) is 10.1 Å². The molecule has 208 valence electrons. The topological polar surface area (TPSA) is 122 Å². The maximum absolute atomic E-state index is 14.0. The molecule has 2 N–H and O–H groups in total. The summed E-state index contributed by atoms with van der Waals surface area (Å²) in [6.45, 7) is 8.01. The molecule has 2 fully saturated rings. The lowest BCUT2D eigenvalue weighted by Gasteiger charge is -2.34. The average molecular weight is 546 g/mol. The van der Waals surface area contributed by atoms with Gasteiger partial charge in [0, 0.05) is 58.1 Å². The molecule has 2 aliphatic rings. The van der Waals surface area contributed by atoms with Crippen molar-refractivity contribution in [3.8, 4) is 0 Å². The number of nitrogens with zero attached hydrogens (tertiary/aromatic N) is 9. The molecule has 0 bridgehead atoms. The third kappa shape index (κ3) is 6.00. The SMILES string of the molecule is Cc1c(Nc2ncnc(N3CCN(c4ncc(Cc5ccccc5F)cn4)CC3)n2)cnn1C[C@@H]1CNCCO1. The van der Waals surface area contributed by atoms with Crippen molar-refractivity contribution in [3.63, 3.8) is 0 Å². The van der Waals surface area contributed by atoms with Crippen LogP contribution in [0.2, 0.25) is 0 Å². The molecule has 3 aromatic heterocycles. The molecule has 6 rings (SSSR count). The van der Waals surface area contributed by atoms with Crippen molar-refractivity contribution in [2.45, 2.75) is 26.0 Å². The van der Waals surface area contributed by atoms with Gasteiger partial charge in [-0.3, -0.25) is 4.68 Å². The van der Waals surface area contributed by atoms with Crippen LogP contribution in [0, 0.1) is 12.7 Å². The van der Waals surface area contributed by atoms with Crippen LogP contribution >= 0.6 is 0 Å². The van der Waals surface area contributed by atoms with E-state index in [-0.39, 0.29) is 11.9 Å². The van der Waals surface area contributed by atoms with Gasteiger partial charge in [-0.25, -0.2) is 24.3 Å². The zero-order valence-electron chi connectivity index (χ0n) is 22.4. The van der Waals surface area contributed by atoms with E-state index in [9.17, 15) is 4.39 Å². The van der Waals surface area contributed by atoms with E-state index in [4.69, 9.17) is 4.74 Å². The second kappa shape index (κ2) is 11.9. The van der Waals surface area contributed by atoms with E-state index < -0.39 is 0 Å². The first kappa shape index (κ1) is 26.0. The lowest BCUT2D eigenvalue weighted by molar-refractivity contribution is 0.0158. The summed E-state index contributed by atoms with van der Waals surface area (Å²) in [5.74, 6) is 1.54. The van der Waals surface area contributed by atoms with Crippen molar-refractivity contribution < 1.29 is 9.13 Å². The average Bonchev–Trinajstić information content (AvgIpc) is 3.33. The van der Waals surface area contributed by atoms with Crippen molar-refractivity contribution in [2.24, 2.45) is 0 Å². The van der Waals surface area contributed by atoms with Crippen molar-refractivity contribution in [2.75, 3.05) is 61.0 Å². The normalized spacial score (nSPS) is 17.7. The van der Waals surface area contributed by atoms with E-state index in [1.807, 2.05) is 17.7 Å². The predicted octanol–water partition coefficient (Wildman–Crippen LogP) is 1.96. The highest BCUT2D eigenvalue weighted by molar-refractivity contribution is 5.56. The molecule has 13 heteroatoms. The van der Waals surface area contributed by atoms with Gasteiger partial charge in [0.25, 0.3) is 0 Å². The van der Waals surface area contributed by atoms with Crippen LogP contribution in [0.25, 0.3) is 0 Å². The number of halogens is 1. The lowest BCUT2D eigenvalue weighted by Crippen LogP contribution is -2.47. The van der Waals surface area contributed by atoms with Crippen molar-refractivity contribution in [3.05, 3.63) is 71.8 Å². The van der Waals surface area contributed by atoms with Crippen LogP contribution in [0.4, 0.5) is 27.9 Å². The number of rotatable bonds is 8. The van der Waals surface area contributed by atoms with E-state index in [0.717, 1.165) is 56.2 Å². The van der Waals surface area contributed by atoms with Gasteiger partial charge in [0.1, 0.15) is 12.1 Å². The number of benzene rings is 1. The highest BCUT2D eigenvalue weighted by Crippen LogP contribution is 2.21. The lowest BCUT2D eigenvalue weighted by atomic mass is 10.1. The highest BCUT2D eigenvalue weighted by atomic mass is 19.1. The quantitative estimate of drug-likeness (QED) is 0.338. The zero-order chi connectivity index (χ0) is 27.3. The molecule has 2 aliphatic heterocycles. The first-order valence-corrected chi connectivity index (χ1v) is 13.5. The Hall–Kier alpha value is -4.23. The van der Waals surface area contributed by atoms with Gasteiger partial charge in [0.15, 0.2) is 0 Å². The fourth-order valence-corrected chi connectivity index (χ4v) is 4.87. The Labute approximate surface area is 231 Å². The summed E-state index contributed by atoms with van der Waals surface area (Å²) in [4.78, 5) is 26.7. The van der Waals surface area contributed by atoms with Gasteiger partial charge >= 0.3 is 0 Å². The number of aromatic nitrogens is 7. The molecule has 12 nitrogen and oxygen atoms in total. The van der Waals surface area contributed by atoms with E-state index >= 15 is 0 Å². The van der Waals surface area contributed by atoms with E-state index in [1.165, 1.54) is 12.4 Å². The second-order valence-electron chi connectivity index (χ2n) is 9.89. The largest absolute Gasteiger partial charge is 0.374 e. The molecule has 0 amide bonds. The van der Waals surface area contributed by atoms with Gasteiger partial charge < -0.3 is 25.2 Å². The summed E-state index contributed by atoms with van der Waals surface area (Å²) in [5, 5.41) is 11.2. The molecule has 0 unspecified atom stereocenters. The van der Waals surface area contributed by atoms with Crippen LogP contribution in [0.15, 0.2) is 49.2 Å². The summed E-state index contributed by atoms with van der Waals surface area (Å²) in [7, 11) is 0. The van der Waals surface area contributed by atoms with Gasteiger partial charge in [0.2, 0.25) is 17.8 Å². The Morgan fingerprint density at radius 1 is 1.00 bits per heavy atom. The second-order valence-corrected chi connectivity index (χ2v) is 9.89. The minimum Gasteiger partial charge on any atom is -0.374 e. The maximum Gasteiger partial charge on any atom is 0.232 e. The minimum absolute atomic E-state index is 0.102. The number of hydrogen-bond donors (Lipinski definition) is 2. The fraction of sp³-hybridized carbons (Fsp3) is 0.407. The summed E-state index contributed by atoms with van der Waals surface area (Å²) in [6.07, 6.45) is 7.42. The maximum atomic E-state index is 14.0. The smallest absolute Gasteiger partial charge is 0.232 e. The molecule has 5 heterocycles. The summed E-state index contributed by atoms with van der Waals surface area (Å²) < 4.78 is 21.7. The van der Waals surface area contributed by atoms with E-state index in [0.29, 0.717) is 43.0 Å². The van der Waals surface area contributed by atoms with Gasteiger partial charge in [0.05, 0.1) is 36.8 Å². The first-order chi connectivity index (χ1) is 19.6. The molecule has 40 heavy (non-hydrogen) atoms. The molecule has 4 aromatic rings. The Balaban J connectivity index is 1.04. The van der Waals surface area contributed by atoms with E-state index in [2.05, 4.69) is 50.5 Å². The molecular weight excluding hydrogens is 513 g/mol. The zero-order valence-corrected chi connectivity index (χ0v) is 22.4. The third-order valence-electron chi connectivity index (χ3n) is 7.18. The van der Waals surface area contributed by atoms with E-state index in [1.54, 1.807) is 30.7 Å². The monoisotopic (exact) mass is 545 g/mol. The van der Waals surface area contributed by atoms with Crippen LogP contribution in [0.3, 0.4) is 0 Å². The fourth-order valence-electron chi connectivity index (χ4n) is 4.87. The van der Waals surface area contributed by atoms with Crippen LogP contribution in [0.1, 0.15) is 16.8 Å². The van der Waals surface area contributed by atoms with Gasteiger partial charge in [-0.15, -0.1) is 0 Å². The Morgan fingerprint density at radius 2 is 1.77 bits per heavy atom. The van der Waals surface area contributed by atoms with Gasteiger partial charge in [-0.05, 0) is 24.1 Å². The van der Waals surface area contributed by atoms with Crippen molar-refractivity contribution >= 4 is 23.5 Å². The molecule has 0 aliphatic carbocycles. The molecular formula is C27H32FN11O. The minimum atomic E-state index is -0.216. The van der Waals surface area contributed by atoms with Crippen LogP contribution in [0.5, 0.6) is 0 Å². The first-order valence-electron chi connectivity index (χ1n) is 13.5. The number of hydrogen-bond acceptors (Lipinski definition) is 11. The number of ether oxygens (including phenoxy) is 1. The van der Waals surface area contributed by atoms with Crippen LogP contribution in [-0.2, 0) is 17.7 Å². The van der Waals surface area contributed by atoms with Crippen molar-refractivity contribution in [1.29, 1.82) is 0 Å². The molecule has 1 atom stereocenters. The molecule has 0 saturated carbocycles. The molecule has 2 saturated heterocycles. The van der Waals surface area contributed by atoms with Gasteiger partial charge in [-0.1, -0.05) is 18.2 Å². The number of morpholine rings is 1. The van der Waals surface area contributed by atoms with Crippen LogP contribution < -0.4 is 20.4 Å². The van der Waals surface area contributed by atoms with Crippen LogP contribution in [-0.4, -0.2) is 86.7 Å². The Kier molecular flexibility index (Phi) is 7.73. The predicted molar refractivity (Wildman–Crippen MR) is 148 cm³/mol. The number of piperazine rings is 1. The summed E-state index contributed by atoms with van der Waals surface area (Å²) in [5.41, 5.74) is 3.35. The summed E-state index contributed by atoms with van der Waals surface area (Å²) >= 11 is 0. The standard InChI is InChI=1S/C27H32FN11O/c1-19-24(16-34-39(19)17-22-15-29-6-11-40-22)35-25-32-18-33-27(36-25)38-9-7-37(8-10-38)26-30-13-20(14-31-26)12-21-4-2-3-5-23(21)28/h2-5,13-14,16,18,22,29H,6-12,15,17H2,1H3,(H,32,33,35,36)/t22-/m0/s1. The summed E-state index contributed by atoms with van der Waals surface area (Å²) in [6, 6.07) is 6.77.